The summed E-state index contributed by atoms with van der Waals surface area (Å²) in [4.78, 5) is 12.8. The molecule has 0 radical (unpaired) electrons. The Hall–Kier alpha value is -3.61. The maximum atomic E-state index is 13.6. The van der Waals surface area contributed by atoms with Crippen LogP contribution in [0.4, 0.5) is 5.69 Å². The van der Waals surface area contributed by atoms with E-state index in [0.717, 1.165) is 24.0 Å². The van der Waals surface area contributed by atoms with Crippen molar-refractivity contribution in [3.8, 4) is 0 Å². The van der Waals surface area contributed by atoms with Crippen molar-refractivity contribution >= 4 is 33.2 Å². The van der Waals surface area contributed by atoms with Crippen molar-refractivity contribution in [2.24, 2.45) is 0 Å². The summed E-state index contributed by atoms with van der Waals surface area (Å²) in [5.41, 5.74) is 3.82. The standard InChI is InChI=1S/C30H29ClN2O3S/c1-23-14-19-27(31)21-29(23)33(37(35,36)28-12-6-3-7-13-28)22-25-15-17-26(18-16-25)30(34)32-20-8-11-24-9-4-2-5-10-24/h2-7,9-10,12-19,21H,8,11,20,22H2,1H3,(H,32,34). The van der Waals surface area contributed by atoms with Crippen molar-refractivity contribution in [3.05, 3.63) is 130 Å². The molecule has 0 spiro atoms. The summed E-state index contributed by atoms with van der Waals surface area (Å²) in [5.74, 6) is -0.154. The molecule has 0 fully saturated rings. The summed E-state index contributed by atoms with van der Waals surface area (Å²) in [6.45, 7) is 2.52. The lowest BCUT2D eigenvalue weighted by Gasteiger charge is -2.26. The van der Waals surface area contributed by atoms with Gasteiger partial charge in [0.1, 0.15) is 0 Å². The molecule has 0 aromatic heterocycles. The van der Waals surface area contributed by atoms with Gasteiger partial charge in [0.25, 0.3) is 15.9 Å². The van der Waals surface area contributed by atoms with Gasteiger partial charge in [0, 0.05) is 17.1 Å². The molecule has 0 atom stereocenters. The van der Waals surface area contributed by atoms with Crippen LogP contribution < -0.4 is 9.62 Å². The fraction of sp³-hybridized carbons (Fsp3) is 0.167. The molecule has 0 aliphatic rings. The van der Waals surface area contributed by atoms with Crippen LogP contribution in [0.3, 0.4) is 0 Å². The minimum Gasteiger partial charge on any atom is -0.352 e. The summed E-state index contributed by atoms with van der Waals surface area (Å²) in [6, 6.07) is 30.7. The molecular weight excluding hydrogens is 504 g/mol. The number of sulfonamides is 1. The average molecular weight is 533 g/mol. The summed E-state index contributed by atoms with van der Waals surface area (Å²) in [5, 5.41) is 3.41. The van der Waals surface area contributed by atoms with Gasteiger partial charge in [0.05, 0.1) is 17.1 Å². The molecular formula is C30H29ClN2O3S. The first-order chi connectivity index (χ1) is 17.8. The second-order valence-electron chi connectivity index (χ2n) is 8.80. The van der Waals surface area contributed by atoms with Crippen LogP contribution in [0, 0.1) is 6.92 Å². The van der Waals surface area contributed by atoms with Gasteiger partial charge in [-0.15, -0.1) is 0 Å². The Bertz CT molecular complexity index is 1440. The summed E-state index contributed by atoms with van der Waals surface area (Å²) >= 11 is 6.24. The molecule has 4 aromatic carbocycles. The number of hydrogen-bond acceptors (Lipinski definition) is 3. The van der Waals surface area contributed by atoms with Crippen molar-refractivity contribution < 1.29 is 13.2 Å². The van der Waals surface area contributed by atoms with Crippen LogP contribution in [-0.2, 0) is 23.0 Å². The van der Waals surface area contributed by atoms with Crippen molar-refractivity contribution in [2.75, 3.05) is 10.8 Å². The number of amides is 1. The minimum atomic E-state index is -3.86. The monoisotopic (exact) mass is 532 g/mol. The Labute approximate surface area is 223 Å². The van der Waals surface area contributed by atoms with Gasteiger partial charge < -0.3 is 5.32 Å². The molecule has 7 heteroatoms. The highest BCUT2D eigenvalue weighted by Gasteiger charge is 2.26. The van der Waals surface area contributed by atoms with Gasteiger partial charge in [-0.3, -0.25) is 9.10 Å². The smallest absolute Gasteiger partial charge is 0.264 e. The number of benzene rings is 4. The van der Waals surface area contributed by atoms with E-state index in [-0.39, 0.29) is 17.3 Å². The van der Waals surface area contributed by atoms with E-state index in [0.29, 0.717) is 22.8 Å². The molecule has 0 bridgehead atoms. The predicted octanol–water partition coefficient (Wildman–Crippen LogP) is 6.41. The Balaban J connectivity index is 1.48. The first kappa shape index (κ1) is 26.5. The molecule has 5 nitrogen and oxygen atoms in total. The van der Waals surface area contributed by atoms with E-state index in [1.807, 2.05) is 25.1 Å². The fourth-order valence-corrected chi connectivity index (χ4v) is 5.74. The summed E-state index contributed by atoms with van der Waals surface area (Å²) < 4.78 is 28.7. The van der Waals surface area contributed by atoms with Gasteiger partial charge in [0.2, 0.25) is 0 Å². The van der Waals surface area contributed by atoms with E-state index < -0.39 is 10.0 Å². The number of halogens is 1. The van der Waals surface area contributed by atoms with E-state index >= 15 is 0 Å². The summed E-state index contributed by atoms with van der Waals surface area (Å²) in [7, 11) is -3.86. The van der Waals surface area contributed by atoms with Gasteiger partial charge in [-0.05, 0) is 72.9 Å². The third-order valence-corrected chi connectivity index (χ3v) is 8.09. The number of hydrogen-bond donors (Lipinski definition) is 1. The quantitative estimate of drug-likeness (QED) is 0.240. The maximum absolute atomic E-state index is 13.6. The van der Waals surface area contributed by atoms with Crippen molar-refractivity contribution in [2.45, 2.75) is 31.2 Å². The van der Waals surface area contributed by atoms with E-state index in [2.05, 4.69) is 17.4 Å². The molecule has 0 saturated heterocycles. The van der Waals surface area contributed by atoms with Crippen LogP contribution in [0.15, 0.2) is 108 Å². The number of rotatable bonds is 10. The molecule has 0 saturated carbocycles. The van der Waals surface area contributed by atoms with Crippen LogP contribution in [0.2, 0.25) is 5.02 Å². The summed E-state index contributed by atoms with van der Waals surface area (Å²) in [6.07, 6.45) is 1.74. The third kappa shape index (κ3) is 6.79. The molecule has 1 N–H and O–H groups in total. The largest absolute Gasteiger partial charge is 0.352 e. The maximum Gasteiger partial charge on any atom is 0.264 e. The second-order valence-corrected chi connectivity index (χ2v) is 11.1. The molecule has 0 heterocycles. The topological polar surface area (TPSA) is 66.5 Å². The van der Waals surface area contributed by atoms with E-state index in [1.54, 1.807) is 72.8 Å². The molecule has 4 rings (SSSR count). The van der Waals surface area contributed by atoms with E-state index in [9.17, 15) is 13.2 Å². The van der Waals surface area contributed by atoms with Crippen molar-refractivity contribution in [1.82, 2.24) is 5.32 Å². The van der Waals surface area contributed by atoms with Crippen LogP contribution >= 0.6 is 11.6 Å². The van der Waals surface area contributed by atoms with Crippen LogP contribution in [-0.4, -0.2) is 20.9 Å². The molecule has 0 aliphatic carbocycles. The first-order valence-electron chi connectivity index (χ1n) is 12.1. The number of carbonyl (C=O) groups excluding carboxylic acids is 1. The van der Waals surface area contributed by atoms with Gasteiger partial charge in [-0.2, -0.15) is 0 Å². The lowest BCUT2D eigenvalue weighted by atomic mass is 10.1. The second kappa shape index (κ2) is 12.1. The van der Waals surface area contributed by atoms with Crippen molar-refractivity contribution in [1.29, 1.82) is 0 Å². The van der Waals surface area contributed by atoms with Crippen LogP contribution in [0.5, 0.6) is 0 Å². The SMILES string of the molecule is Cc1ccc(Cl)cc1N(Cc1ccc(C(=O)NCCCc2ccccc2)cc1)S(=O)(=O)c1ccccc1. The normalized spacial score (nSPS) is 11.2. The number of aryl methyl sites for hydroxylation is 2. The van der Waals surface area contributed by atoms with Gasteiger partial charge in [0.15, 0.2) is 0 Å². The number of nitrogens with one attached hydrogen (secondary N) is 1. The average Bonchev–Trinajstić information content (AvgIpc) is 2.92. The highest BCUT2D eigenvalue weighted by Crippen LogP contribution is 2.31. The van der Waals surface area contributed by atoms with Gasteiger partial charge in [-0.1, -0.05) is 78.3 Å². The van der Waals surface area contributed by atoms with Gasteiger partial charge in [-0.25, -0.2) is 8.42 Å². The molecule has 4 aromatic rings. The highest BCUT2D eigenvalue weighted by atomic mass is 35.5. The zero-order valence-corrected chi connectivity index (χ0v) is 22.2. The van der Waals surface area contributed by atoms with Crippen molar-refractivity contribution in [3.63, 3.8) is 0 Å². The molecule has 0 unspecified atom stereocenters. The number of nitrogens with zero attached hydrogens (tertiary/aromatic N) is 1. The zero-order chi connectivity index (χ0) is 26.3. The number of carbonyl (C=O) groups is 1. The van der Waals surface area contributed by atoms with Crippen LogP contribution in [0.1, 0.15) is 33.5 Å². The molecule has 37 heavy (non-hydrogen) atoms. The molecule has 0 aliphatic heterocycles. The minimum absolute atomic E-state index is 0.0946. The molecule has 190 valence electrons. The van der Waals surface area contributed by atoms with E-state index in [4.69, 9.17) is 11.6 Å². The first-order valence-corrected chi connectivity index (χ1v) is 13.9. The lowest BCUT2D eigenvalue weighted by Crippen LogP contribution is -2.31. The van der Waals surface area contributed by atoms with E-state index in [1.165, 1.54) is 9.87 Å². The Morgan fingerprint density at radius 3 is 2.16 bits per heavy atom. The van der Waals surface area contributed by atoms with Gasteiger partial charge >= 0.3 is 0 Å². The van der Waals surface area contributed by atoms with Crippen LogP contribution in [0.25, 0.3) is 0 Å². The highest BCUT2D eigenvalue weighted by molar-refractivity contribution is 7.92. The predicted molar refractivity (Wildman–Crippen MR) is 150 cm³/mol. The zero-order valence-electron chi connectivity index (χ0n) is 20.6. The fourth-order valence-electron chi connectivity index (χ4n) is 4.04. The Morgan fingerprint density at radius 1 is 0.838 bits per heavy atom. The Morgan fingerprint density at radius 2 is 1.49 bits per heavy atom. The Kier molecular flexibility index (Phi) is 8.64. The third-order valence-electron chi connectivity index (χ3n) is 6.08. The number of anilines is 1. The molecule has 1 amide bonds. The lowest BCUT2D eigenvalue weighted by molar-refractivity contribution is 0.0953.